The Bertz CT molecular complexity index is 645. The largest absolute Gasteiger partial charge is 0.444 e. The topological polar surface area (TPSA) is 84.2 Å². The fourth-order valence-corrected chi connectivity index (χ4v) is 4.06. The van der Waals surface area contributed by atoms with E-state index in [1.165, 1.54) is 12.8 Å². The van der Waals surface area contributed by atoms with Crippen molar-refractivity contribution in [3.05, 3.63) is 17.3 Å². The summed E-state index contributed by atoms with van der Waals surface area (Å²) in [5, 5.41) is 6.79. The number of rotatable bonds is 11. The van der Waals surface area contributed by atoms with Crippen LogP contribution in [-0.2, 0) is 16.0 Å². The van der Waals surface area contributed by atoms with Gasteiger partial charge in [-0.3, -0.25) is 9.89 Å². The number of aromatic nitrogens is 1. The predicted molar refractivity (Wildman–Crippen MR) is 122 cm³/mol. The summed E-state index contributed by atoms with van der Waals surface area (Å²) in [6.45, 7) is 14.0. The Balaban J connectivity index is 1.29. The van der Waals surface area contributed by atoms with Crippen LogP contribution in [0.3, 0.4) is 0 Å². The van der Waals surface area contributed by atoms with Crippen LogP contribution in [0.2, 0.25) is 0 Å². The number of aryl methyl sites for hydroxylation is 2. The van der Waals surface area contributed by atoms with Gasteiger partial charge in [0.25, 0.3) is 0 Å². The number of likely N-dealkylation sites (tertiary alicyclic amines) is 1. The van der Waals surface area contributed by atoms with Gasteiger partial charge in [-0.15, -0.1) is 0 Å². The normalized spacial score (nSPS) is 21.0. The maximum absolute atomic E-state index is 5.73. The molecule has 1 aromatic heterocycles. The molecular weight excluding hydrogens is 394 g/mol. The molecule has 2 saturated heterocycles. The highest BCUT2D eigenvalue weighted by Crippen LogP contribution is 2.20. The summed E-state index contributed by atoms with van der Waals surface area (Å²) in [7, 11) is 0. The number of guanidine groups is 1. The van der Waals surface area contributed by atoms with Crippen molar-refractivity contribution in [2.75, 3.05) is 52.5 Å². The van der Waals surface area contributed by atoms with E-state index in [0.717, 1.165) is 102 Å². The van der Waals surface area contributed by atoms with Crippen molar-refractivity contribution >= 4 is 5.96 Å². The van der Waals surface area contributed by atoms with Gasteiger partial charge in [-0.2, -0.15) is 0 Å². The van der Waals surface area contributed by atoms with Crippen LogP contribution in [0.5, 0.6) is 0 Å². The number of nitrogens with zero attached hydrogens (tertiary/aromatic N) is 3. The van der Waals surface area contributed by atoms with E-state index in [-0.39, 0.29) is 0 Å². The number of aliphatic imine (C=N–C) groups is 1. The summed E-state index contributed by atoms with van der Waals surface area (Å²) in [5.41, 5.74) is 0.997. The van der Waals surface area contributed by atoms with Crippen molar-refractivity contribution in [2.45, 2.75) is 65.5 Å². The molecule has 31 heavy (non-hydrogen) atoms. The van der Waals surface area contributed by atoms with Gasteiger partial charge in [-0.25, -0.2) is 4.98 Å². The highest BCUT2D eigenvalue weighted by atomic mass is 16.5. The Morgan fingerprint density at radius 3 is 2.74 bits per heavy atom. The first-order valence-corrected chi connectivity index (χ1v) is 12.0. The minimum absolute atomic E-state index is 0.307. The Labute approximate surface area is 187 Å². The van der Waals surface area contributed by atoms with Crippen LogP contribution < -0.4 is 10.6 Å². The van der Waals surface area contributed by atoms with Crippen molar-refractivity contribution in [3.63, 3.8) is 0 Å². The van der Waals surface area contributed by atoms with Crippen LogP contribution >= 0.6 is 0 Å². The van der Waals surface area contributed by atoms with Gasteiger partial charge in [0.2, 0.25) is 5.89 Å². The van der Waals surface area contributed by atoms with Crippen LogP contribution in [-0.4, -0.2) is 74.5 Å². The van der Waals surface area contributed by atoms with Gasteiger partial charge >= 0.3 is 0 Å². The summed E-state index contributed by atoms with van der Waals surface area (Å²) in [5.74, 6) is 3.31. The second-order valence-corrected chi connectivity index (χ2v) is 8.68. The fourth-order valence-electron chi connectivity index (χ4n) is 4.06. The summed E-state index contributed by atoms with van der Waals surface area (Å²) >= 11 is 0. The van der Waals surface area contributed by atoms with Crippen molar-refractivity contribution in [2.24, 2.45) is 10.9 Å². The molecule has 3 rings (SSSR count). The van der Waals surface area contributed by atoms with Gasteiger partial charge in [0, 0.05) is 32.8 Å². The third kappa shape index (κ3) is 8.43. The third-order valence-corrected chi connectivity index (χ3v) is 6.08. The van der Waals surface area contributed by atoms with Crippen molar-refractivity contribution in [3.8, 4) is 0 Å². The van der Waals surface area contributed by atoms with E-state index in [1.807, 2.05) is 13.8 Å². The molecule has 0 saturated carbocycles. The Kier molecular flexibility index (Phi) is 10.1. The molecule has 1 aromatic rings. The molecule has 0 aliphatic carbocycles. The lowest BCUT2D eigenvalue weighted by atomic mass is 9.97. The smallest absolute Gasteiger partial charge is 0.208 e. The lowest BCUT2D eigenvalue weighted by molar-refractivity contribution is 0.0168. The number of oxazole rings is 1. The molecule has 0 aromatic carbocycles. The highest BCUT2D eigenvalue weighted by molar-refractivity contribution is 5.79. The molecular formula is C23H41N5O3. The zero-order valence-corrected chi connectivity index (χ0v) is 19.6. The van der Waals surface area contributed by atoms with Gasteiger partial charge in [0.15, 0.2) is 5.96 Å². The van der Waals surface area contributed by atoms with Crippen LogP contribution in [0.1, 0.15) is 56.4 Å². The Hall–Kier alpha value is -1.64. The van der Waals surface area contributed by atoms with Gasteiger partial charge in [0.1, 0.15) is 5.76 Å². The van der Waals surface area contributed by atoms with Gasteiger partial charge < -0.3 is 24.5 Å². The quantitative estimate of drug-likeness (QED) is 0.314. The average Bonchev–Trinajstić information content (AvgIpc) is 3.39. The molecule has 2 aliphatic rings. The molecule has 0 bridgehead atoms. The minimum atomic E-state index is 0.307. The van der Waals surface area contributed by atoms with Crippen molar-refractivity contribution in [1.82, 2.24) is 20.5 Å². The van der Waals surface area contributed by atoms with E-state index in [9.17, 15) is 0 Å². The zero-order valence-electron chi connectivity index (χ0n) is 19.6. The molecule has 8 heteroatoms. The van der Waals surface area contributed by atoms with E-state index in [2.05, 4.69) is 27.4 Å². The SMILES string of the molecule is CCNC(=NCC1CCN(Cc2nc(C)c(C)o2)CC1)NCCCOCC1CCCO1. The van der Waals surface area contributed by atoms with E-state index in [0.29, 0.717) is 12.0 Å². The molecule has 2 N–H and O–H groups in total. The Morgan fingerprint density at radius 2 is 2.06 bits per heavy atom. The molecule has 1 unspecified atom stereocenters. The molecule has 1 atom stereocenters. The van der Waals surface area contributed by atoms with Gasteiger partial charge in [-0.05, 0) is 71.9 Å². The van der Waals surface area contributed by atoms with Crippen molar-refractivity contribution < 1.29 is 13.9 Å². The van der Waals surface area contributed by atoms with E-state index < -0.39 is 0 Å². The average molecular weight is 436 g/mol. The fraction of sp³-hybridized carbons (Fsp3) is 0.826. The number of hydrogen-bond donors (Lipinski definition) is 2. The first kappa shape index (κ1) is 24.0. The molecule has 0 radical (unpaired) electrons. The molecule has 3 heterocycles. The molecule has 8 nitrogen and oxygen atoms in total. The second-order valence-electron chi connectivity index (χ2n) is 8.68. The standard InChI is InChI=1S/C23H41N5O3/c1-4-24-23(25-10-6-13-29-17-21-7-5-14-30-21)26-15-20-8-11-28(12-9-20)16-22-27-18(2)19(3)31-22/h20-21H,4-17H2,1-3H3,(H2,24,25,26). The van der Waals surface area contributed by atoms with Gasteiger partial charge in [-0.1, -0.05) is 0 Å². The second kappa shape index (κ2) is 13.0. The third-order valence-electron chi connectivity index (χ3n) is 6.08. The predicted octanol–water partition coefficient (Wildman–Crippen LogP) is 2.64. The number of nitrogens with one attached hydrogen (secondary N) is 2. The highest BCUT2D eigenvalue weighted by Gasteiger charge is 2.21. The van der Waals surface area contributed by atoms with Gasteiger partial charge in [0.05, 0.1) is 24.9 Å². The number of ether oxygens (including phenoxy) is 2. The van der Waals surface area contributed by atoms with Crippen LogP contribution in [0.15, 0.2) is 9.41 Å². The minimum Gasteiger partial charge on any atom is -0.444 e. The number of hydrogen-bond acceptors (Lipinski definition) is 6. The first-order chi connectivity index (χ1) is 15.1. The monoisotopic (exact) mass is 435 g/mol. The maximum Gasteiger partial charge on any atom is 0.208 e. The molecule has 176 valence electrons. The molecule has 2 aliphatic heterocycles. The summed E-state index contributed by atoms with van der Waals surface area (Å²) < 4.78 is 17.0. The van der Waals surface area contributed by atoms with Crippen LogP contribution in [0, 0.1) is 19.8 Å². The lowest BCUT2D eigenvalue weighted by Gasteiger charge is -2.30. The molecule has 0 spiro atoms. The summed E-state index contributed by atoms with van der Waals surface area (Å²) in [6, 6.07) is 0. The Morgan fingerprint density at radius 1 is 1.23 bits per heavy atom. The van der Waals surface area contributed by atoms with E-state index in [4.69, 9.17) is 18.9 Å². The maximum atomic E-state index is 5.73. The summed E-state index contributed by atoms with van der Waals surface area (Å²) in [6.07, 6.45) is 5.90. The summed E-state index contributed by atoms with van der Waals surface area (Å²) in [4.78, 5) is 11.8. The zero-order chi connectivity index (χ0) is 21.9. The number of piperidine rings is 1. The van der Waals surface area contributed by atoms with E-state index >= 15 is 0 Å². The van der Waals surface area contributed by atoms with Crippen LogP contribution in [0.4, 0.5) is 0 Å². The molecule has 2 fully saturated rings. The molecule has 0 amide bonds. The lowest BCUT2D eigenvalue weighted by Crippen LogP contribution is -2.39. The first-order valence-electron chi connectivity index (χ1n) is 12.0. The van der Waals surface area contributed by atoms with Crippen LogP contribution in [0.25, 0.3) is 0 Å². The van der Waals surface area contributed by atoms with Crippen molar-refractivity contribution in [1.29, 1.82) is 0 Å². The van der Waals surface area contributed by atoms with E-state index in [1.54, 1.807) is 0 Å².